The van der Waals surface area contributed by atoms with E-state index in [9.17, 15) is 4.39 Å². The van der Waals surface area contributed by atoms with Crippen molar-refractivity contribution in [1.29, 1.82) is 0 Å². The molecule has 0 saturated carbocycles. The molecule has 25 heavy (non-hydrogen) atoms. The molecule has 3 aromatic rings. The van der Waals surface area contributed by atoms with E-state index in [2.05, 4.69) is 34.1 Å². The van der Waals surface area contributed by atoms with Crippen molar-refractivity contribution in [2.45, 2.75) is 18.5 Å². The third-order valence-electron chi connectivity index (χ3n) is 4.81. The molecule has 1 fully saturated rings. The van der Waals surface area contributed by atoms with Gasteiger partial charge in [-0.2, -0.15) is 0 Å². The van der Waals surface area contributed by atoms with Gasteiger partial charge < -0.3 is 5.73 Å². The number of hydrogen-bond acceptors (Lipinski definition) is 3. The summed E-state index contributed by atoms with van der Waals surface area (Å²) in [4.78, 5) is 6.73. The maximum atomic E-state index is 13.9. The number of benzene rings is 2. The van der Waals surface area contributed by atoms with Gasteiger partial charge in [-0.15, -0.1) is 12.4 Å². The van der Waals surface area contributed by atoms with E-state index >= 15 is 0 Å². The Bertz CT molecular complexity index is 856. The zero-order chi connectivity index (χ0) is 16.5. The lowest BCUT2D eigenvalue weighted by Crippen LogP contribution is -2.28. The summed E-state index contributed by atoms with van der Waals surface area (Å²) in [6.45, 7) is 2.36. The quantitative estimate of drug-likeness (QED) is 0.776. The number of halogens is 2. The molecule has 0 aliphatic carbocycles. The molecule has 1 aliphatic heterocycles. The highest BCUT2D eigenvalue weighted by Crippen LogP contribution is 2.28. The maximum absolute atomic E-state index is 13.9. The Morgan fingerprint density at radius 3 is 2.68 bits per heavy atom. The fourth-order valence-electron chi connectivity index (χ4n) is 3.68. The summed E-state index contributed by atoms with van der Waals surface area (Å²) < 4.78 is 13.9. The average molecular weight is 358 g/mol. The van der Waals surface area contributed by atoms with E-state index in [1.165, 1.54) is 11.6 Å². The van der Waals surface area contributed by atoms with Crippen LogP contribution in [-0.2, 0) is 6.54 Å². The van der Waals surface area contributed by atoms with Gasteiger partial charge >= 0.3 is 0 Å². The van der Waals surface area contributed by atoms with E-state index in [0.29, 0.717) is 12.5 Å². The molecule has 5 heteroatoms. The van der Waals surface area contributed by atoms with Crippen molar-refractivity contribution in [2.24, 2.45) is 5.73 Å². The van der Waals surface area contributed by atoms with Crippen LogP contribution in [0.15, 0.2) is 60.8 Å². The zero-order valence-electron chi connectivity index (χ0n) is 13.8. The molecule has 1 aromatic heterocycles. The predicted molar refractivity (Wildman–Crippen MR) is 101 cm³/mol. The van der Waals surface area contributed by atoms with Crippen LogP contribution in [0.2, 0.25) is 0 Å². The predicted octanol–water partition coefficient (Wildman–Crippen LogP) is 3.72. The van der Waals surface area contributed by atoms with E-state index in [1.807, 2.05) is 18.2 Å². The molecule has 2 heterocycles. The highest BCUT2D eigenvalue weighted by molar-refractivity contribution is 5.85. The molecule has 4 rings (SSSR count). The summed E-state index contributed by atoms with van der Waals surface area (Å²) in [5.41, 5.74) is 9.43. The molecule has 0 spiro atoms. The molecule has 3 nitrogen and oxygen atoms in total. The van der Waals surface area contributed by atoms with Crippen molar-refractivity contribution in [3.63, 3.8) is 0 Å². The maximum Gasteiger partial charge on any atom is 0.124 e. The monoisotopic (exact) mass is 357 g/mol. The van der Waals surface area contributed by atoms with Crippen molar-refractivity contribution in [3.8, 4) is 0 Å². The smallest absolute Gasteiger partial charge is 0.124 e. The Balaban J connectivity index is 0.00000182. The topological polar surface area (TPSA) is 42.1 Å². The highest BCUT2D eigenvalue weighted by atomic mass is 35.5. The van der Waals surface area contributed by atoms with Gasteiger partial charge in [-0.05, 0) is 29.3 Å². The van der Waals surface area contributed by atoms with Crippen LogP contribution in [0.5, 0.6) is 0 Å². The van der Waals surface area contributed by atoms with Gasteiger partial charge in [0.1, 0.15) is 5.82 Å². The Kier molecular flexibility index (Phi) is 5.33. The third kappa shape index (κ3) is 3.66. The number of aromatic nitrogens is 1. The number of hydrogen-bond donors (Lipinski definition) is 1. The fraction of sp³-hybridized carbons (Fsp3) is 0.250. The summed E-state index contributed by atoms with van der Waals surface area (Å²) in [7, 11) is 0. The molecule has 0 bridgehead atoms. The van der Waals surface area contributed by atoms with E-state index in [-0.39, 0.29) is 24.3 Å². The Morgan fingerprint density at radius 2 is 1.88 bits per heavy atom. The summed E-state index contributed by atoms with van der Waals surface area (Å²) in [5.74, 6) is 0.104. The van der Waals surface area contributed by atoms with E-state index in [4.69, 9.17) is 5.73 Å². The van der Waals surface area contributed by atoms with Gasteiger partial charge in [-0.25, -0.2) is 4.39 Å². The van der Waals surface area contributed by atoms with Crippen molar-refractivity contribution < 1.29 is 4.39 Å². The number of nitrogens with zero attached hydrogens (tertiary/aromatic N) is 2. The van der Waals surface area contributed by atoms with Crippen LogP contribution >= 0.6 is 12.4 Å². The lowest BCUT2D eigenvalue weighted by molar-refractivity contribution is 0.324. The SMILES string of the molecule is Cl.N[C@@H]1CN(Cc2cc(F)cc3cccnc23)C[C@H]1c1ccccc1. The van der Waals surface area contributed by atoms with E-state index < -0.39 is 0 Å². The third-order valence-corrected chi connectivity index (χ3v) is 4.81. The van der Waals surface area contributed by atoms with Crippen LogP contribution in [0.3, 0.4) is 0 Å². The Hall–Kier alpha value is -2.01. The number of rotatable bonds is 3. The van der Waals surface area contributed by atoms with Gasteiger partial charge in [0.15, 0.2) is 0 Å². The second-order valence-electron chi connectivity index (χ2n) is 6.52. The molecule has 0 radical (unpaired) electrons. The fourth-order valence-corrected chi connectivity index (χ4v) is 3.68. The van der Waals surface area contributed by atoms with Gasteiger partial charge in [-0.1, -0.05) is 36.4 Å². The highest BCUT2D eigenvalue weighted by Gasteiger charge is 2.31. The van der Waals surface area contributed by atoms with Gasteiger partial charge in [-0.3, -0.25) is 9.88 Å². The molecule has 0 amide bonds. The van der Waals surface area contributed by atoms with Crippen LogP contribution in [0, 0.1) is 5.82 Å². The minimum absolute atomic E-state index is 0. The summed E-state index contributed by atoms with van der Waals surface area (Å²) in [5, 5.41) is 0.843. The molecule has 0 unspecified atom stereocenters. The normalized spacial score (nSPS) is 20.6. The molecule has 1 saturated heterocycles. The van der Waals surface area contributed by atoms with Crippen LogP contribution in [0.4, 0.5) is 4.39 Å². The molecule has 1 aliphatic rings. The van der Waals surface area contributed by atoms with Crippen LogP contribution in [0.1, 0.15) is 17.0 Å². The van der Waals surface area contributed by atoms with Crippen molar-refractivity contribution in [2.75, 3.05) is 13.1 Å². The first kappa shape index (κ1) is 17.8. The average Bonchev–Trinajstić information content (AvgIpc) is 2.96. The molecule has 2 atom stereocenters. The number of pyridine rings is 1. The van der Waals surface area contributed by atoms with E-state index in [1.54, 1.807) is 12.3 Å². The molecular weight excluding hydrogens is 337 g/mol. The second kappa shape index (κ2) is 7.48. The first-order chi connectivity index (χ1) is 11.7. The van der Waals surface area contributed by atoms with Gasteiger partial charge in [0, 0.05) is 43.2 Å². The largest absolute Gasteiger partial charge is 0.326 e. The summed E-state index contributed by atoms with van der Waals surface area (Å²) in [6, 6.07) is 17.3. The molecule has 2 N–H and O–H groups in total. The molecule has 2 aromatic carbocycles. The number of nitrogens with two attached hydrogens (primary N) is 1. The molecule has 130 valence electrons. The first-order valence-corrected chi connectivity index (χ1v) is 8.27. The lowest BCUT2D eigenvalue weighted by Gasteiger charge is -2.17. The van der Waals surface area contributed by atoms with Crippen molar-refractivity contribution in [1.82, 2.24) is 9.88 Å². The van der Waals surface area contributed by atoms with Gasteiger partial charge in [0.05, 0.1) is 5.52 Å². The number of fused-ring (bicyclic) bond motifs is 1. The zero-order valence-corrected chi connectivity index (χ0v) is 14.6. The van der Waals surface area contributed by atoms with Crippen LogP contribution in [-0.4, -0.2) is 29.0 Å². The Morgan fingerprint density at radius 1 is 1.08 bits per heavy atom. The van der Waals surface area contributed by atoms with Gasteiger partial charge in [0.2, 0.25) is 0 Å². The van der Waals surface area contributed by atoms with Crippen molar-refractivity contribution in [3.05, 3.63) is 77.7 Å². The lowest BCUT2D eigenvalue weighted by atomic mass is 9.95. The first-order valence-electron chi connectivity index (χ1n) is 8.27. The summed E-state index contributed by atoms with van der Waals surface area (Å²) >= 11 is 0. The van der Waals surface area contributed by atoms with Crippen molar-refractivity contribution >= 4 is 23.3 Å². The van der Waals surface area contributed by atoms with E-state index in [0.717, 1.165) is 29.6 Å². The Labute approximate surface area is 153 Å². The van der Waals surface area contributed by atoms with Crippen LogP contribution < -0.4 is 5.73 Å². The summed E-state index contributed by atoms with van der Waals surface area (Å²) in [6.07, 6.45) is 1.76. The molecular formula is C20H21ClFN3. The minimum Gasteiger partial charge on any atom is -0.326 e. The standard InChI is InChI=1S/C20H20FN3.ClH/c21-17-9-15-7-4-8-23-20(15)16(10-17)11-24-12-18(19(22)13-24)14-5-2-1-3-6-14;/h1-10,18-19H,11-13,22H2;1H/t18-,19+;/m0./s1. The minimum atomic E-state index is -0.214. The van der Waals surface area contributed by atoms with Gasteiger partial charge in [0.25, 0.3) is 0 Å². The number of likely N-dealkylation sites (tertiary alicyclic amines) is 1. The second-order valence-corrected chi connectivity index (χ2v) is 6.52. The van der Waals surface area contributed by atoms with Crippen LogP contribution in [0.25, 0.3) is 10.9 Å².